The van der Waals surface area contributed by atoms with E-state index in [1.54, 1.807) is 0 Å². The summed E-state index contributed by atoms with van der Waals surface area (Å²) >= 11 is 0. The number of amides is 1. The van der Waals surface area contributed by atoms with Crippen LogP contribution in [0.2, 0.25) is 0 Å². The molecule has 0 bridgehead atoms. The van der Waals surface area contributed by atoms with Crippen molar-refractivity contribution in [1.29, 1.82) is 0 Å². The monoisotopic (exact) mass is 295 g/mol. The van der Waals surface area contributed by atoms with Crippen molar-refractivity contribution in [1.82, 2.24) is 10.3 Å². The minimum Gasteiger partial charge on any atom is -0.351 e. The lowest BCUT2D eigenvalue weighted by Crippen LogP contribution is -2.44. The third-order valence-electron chi connectivity index (χ3n) is 4.02. The van der Waals surface area contributed by atoms with Crippen molar-refractivity contribution < 1.29 is 19.2 Å². The Morgan fingerprint density at radius 2 is 2.05 bits per heavy atom. The number of ether oxygens (including phenoxy) is 2. The van der Waals surface area contributed by atoms with Gasteiger partial charge in [0.25, 0.3) is 11.6 Å². The van der Waals surface area contributed by atoms with Crippen LogP contribution >= 0.6 is 0 Å². The molecule has 2 aliphatic rings. The summed E-state index contributed by atoms with van der Waals surface area (Å²) < 4.78 is 11.3. The summed E-state index contributed by atoms with van der Waals surface area (Å²) in [5, 5.41) is 13.5. The van der Waals surface area contributed by atoms with Gasteiger partial charge in [-0.05, 0) is 12.8 Å². The molecular weight excluding hydrogens is 278 g/mol. The highest BCUT2D eigenvalue weighted by Gasteiger charge is 2.40. The molecule has 114 valence electrons. The highest BCUT2D eigenvalue weighted by atomic mass is 16.7. The van der Waals surface area contributed by atoms with Crippen LogP contribution in [0.15, 0.2) is 12.3 Å². The first-order valence-corrected chi connectivity index (χ1v) is 7.00. The molecule has 21 heavy (non-hydrogen) atoms. The predicted molar refractivity (Wildman–Crippen MR) is 71.8 cm³/mol. The van der Waals surface area contributed by atoms with Gasteiger partial charge in [0, 0.05) is 24.9 Å². The van der Waals surface area contributed by atoms with Crippen LogP contribution in [-0.4, -0.2) is 40.9 Å². The minimum absolute atomic E-state index is 0.0401. The first kappa shape index (κ1) is 14.0. The zero-order valence-electron chi connectivity index (χ0n) is 11.5. The van der Waals surface area contributed by atoms with Crippen LogP contribution in [0.25, 0.3) is 0 Å². The van der Waals surface area contributed by atoms with Crippen LogP contribution in [0.4, 0.5) is 5.69 Å². The highest BCUT2D eigenvalue weighted by molar-refractivity contribution is 5.93. The molecule has 0 atom stereocenters. The topological polar surface area (TPSA) is 106 Å². The van der Waals surface area contributed by atoms with E-state index in [1.165, 1.54) is 12.3 Å². The predicted octanol–water partition coefficient (Wildman–Crippen LogP) is 1.34. The van der Waals surface area contributed by atoms with Crippen molar-refractivity contribution in [3.8, 4) is 0 Å². The molecule has 2 fully saturated rings. The van der Waals surface area contributed by atoms with Gasteiger partial charge in [0.2, 0.25) is 0 Å². The van der Waals surface area contributed by atoms with Crippen LogP contribution in [0, 0.1) is 10.1 Å². The summed E-state index contributed by atoms with van der Waals surface area (Å²) in [5.41, 5.74) is 0.0888. The van der Waals surface area contributed by atoms with Crippen molar-refractivity contribution in [2.75, 3.05) is 13.2 Å². The molecule has 1 saturated carbocycles. The molecule has 1 aromatic heterocycles. The van der Waals surface area contributed by atoms with E-state index in [0.29, 0.717) is 13.2 Å². The maximum Gasteiger partial charge on any atom is 0.287 e. The van der Waals surface area contributed by atoms with Gasteiger partial charge in [-0.2, -0.15) is 0 Å². The molecule has 8 heteroatoms. The average molecular weight is 295 g/mol. The Kier molecular flexibility index (Phi) is 3.64. The molecule has 0 radical (unpaired) electrons. The van der Waals surface area contributed by atoms with Crippen LogP contribution in [0.5, 0.6) is 0 Å². The maximum absolute atomic E-state index is 12.0. The van der Waals surface area contributed by atoms with Crippen molar-refractivity contribution >= 4 is 11.6 Å². The van der Waals surface area contributed by atoms with E-state index in [2.05, 4.69) is 10.3 Å². The normalized spacial score (nSPS) is 21.5. The standard InChI is InChI=1S/C13H17N3O5/c17-12(11-7-10(8-14-11)16(18)19)15-9-1-3-13(4-2-9)20-5-6-21-13/h7-9,14H,1-6H2,(H,15,17). The maximum atomic E-state index is 12.0. The van der Waals surface area contributed by atoms with E-state index in [9.17, 15) is 14.9 Å². The SMILES string of the molecule is O=C(NC1CCC2(CC1)OCCO2)c1cc([N+](=O)[O-])c[nH]1. The average Bonchev–Trinajstić information content (AvgIpc) is 3.11. The second-order valence-electron chi connectivity index (χ2n) is 5.38. The third-order valence-corrected chi connectivity index (χ3v) is 4.02. The van der Waals surface area contributed by atoms with Crippen LogP contribution in [-0.2, 0) is 9.47 Å². The smallest absolute Gasteiger partial charge is 0.287 e. The fourth-order valence-electron chi connectivity index (χ4n) is 2.87. The summed E-state index contributed by atoms with van der Waals surface area (Å²) in [6.45, 7) is 1.26. The van der Waals surface area contributed by atoms with E-state index in [4.69, 9.17) is 9.47 Å². The molecule has 0 unspecified atom stereocenters. The summed E-state index contributed by atoms with van der Waals surface area (Å²) in [6, 6.07) is 1.28. The van der Waals surface area contributed by atoms with Crippen LogP contribution in [0.3, 0.4) is 0 Å². The Bertz CT molecular complexity index is 540. The summed E-state index contributed by atoms with van der Waals surface area (Å²) in [4.78, 5) is 24.7. The number of nitrogens with zero attached hydrogens (tertiary/aromatic N) is 1. The number of aromatic amines is 1. The summed E-state index contributed by atoms with van der Waals surface area (Å²) in [6.07, 6.45) is 4.26. The number of nitro groups is 1. The fourth-order valence-corrected chi connectivity index (χ4v) is 2.87. The largest absolute Gasteiger partial charge is 0.351 e. The molecule has 1 spiro atoms. The zero-order chi connectivity index (χ0) is 14.9. The van der Waals surface area contributed by atoms with Gasteiger partial charge in [-0.25, -0.2) is 0 Å². The number of aromatic nitrogens is 1. The van der Waals surface area contributed by atoms with Gasteiger partial charge < -0.3 is 19.8 Å². The van der Waals surface area contributed by atoms with Gasteiger partial charge in [-0.15, -0.1) is 0 Å². The van der Waals surface area contributed by atoms with Gasteiger partial charge in [0.15, 0.2) is 5.79 Å². The molecule has 1 saturated heterocycles. The van der Waals surface area contributed by atoms with Gasteiger partial charge in [0.05, 0.1) is 24.3 Å². The lowest BCUT2D eigenvalue weighted by molar-refractivity contribution is -0.384. The summed E-state index contributed by atoms with van der Waals surface area (Å²) in [5.74, 6) is -0.774. The molecule has 2 heterocycles. The van der Waals surface area contributed by atoms with E-state index < -0.39 is 10.7 Å². The minimum atomic E-state index is -0.535. The Labute approximate surface area is 121 Å². The zero-order valence-corrected chi connectivity index (χ0v) is 11.5. The molecule has 1 aliphatic heterocycles. The molecule has 1 aromatic rings. The third kappa shape index (κ3) is 2.91. The molecular formula is C13H17N3O5. The molecule has 2 N–H and O–H groups in total. The van der Waals surface area contributed by atoms with Crippen molar-refractivity contribution in [2.24, 2.45) is 0 Å². The highest BCUT2D eigenvalue weighted by Crippen LogP contribution is 2.35. The first-order chi connectivity index (χ1) is 10.1. The van der Waals surface area contributed by atoms with Crippen molar-refractivity contribution in [2.45, 2.75) is 37.5 Å². The number of hydrogen-bond donors (Lipinski definition) is 2. The van der Waals surface area contributed by atoms with Crippen LogP contribution < -0.4 is 5.32 Å². The van der Waals surface area contributed by atoms with Crippen molar-refractivity contribution in [3.05, 3.63) is 28.1 Å². The Hall–Kier alpha value is -1.93. The number of rotatable bonds is 3. The van der Waals surface area contributed by atoms with Crippen LogP contribution in [0.1, 0.15) is 36.2 Å². The quantitative estimate of drug-likeness (QED) is 0.646. The van der Waals surface area contributed by atoms with Gasteiger partial charge in [-0.1, -0.05) is 0 Å². The Balaban J connectivity index is 1.54. The number of nitrogens with one attached hydrogen (secondary N) is 2. The Morgan fingerprint density at radius 1 is 1.38 bits per heavy atom. The molecule has 8 nitrogen and oxygen atoms in total. The number of hydrogen-bond acceptors (Lipinski definition) is 5. The first-order valence-electron chi connectivity index (χ1n) is 7.00. The lowest BCUT2D eigenvalue weighted by Gasteiger charge is -2.35. The fraction of sp³-hybridized carbons (Fsp3) is 0.615. The molecule has 3 rings (SSSR count). The summed E-state index contributed by atoms with van der Waals surface area (Å²) in [7, 11) is 0. The molecule has 1 amide bonds. The second kappa shape index (κ2) is 5.45. The van der Waals surface area contributed by atoms with Crippen molar-refractivity contribution in [3.63, 3.8) is 0 Å². The lowest BCUT2D eigenvalue weighted by atomic mass is 9.90. The van der Waals surface area contributed by atoms with Gasteiger partial charge >= 0.3 is 0 Å². The van der Waals surface area contributed by atoms with Gasteiger partial charge in [0.1, 0.15) is 5.69 Å². The molecule has 1 aliphatic carbocycles. The number of carbonyl (C=O) groups is 1. The Morgan fingerprint density at radius 3 is 2.62 bits per heavy atom. The van der Waals surface area contributed by atoms with E-state index in [0.717, 1.165) is 25.7 Å². The van der Waals surface area contributed by atoms with E-state index >= 15 is 0 Å². The van der Waals surface area contributed by atoms with E-state index in [-0.39, 0.29) is 23.3 Å². The molecule has 0 aromatic carbocycles. The number of carbonyl (C=O) groups excluding carboxylic acids is 1. The number of H-pyrrole nitrogens is 1. The van der Waals surface area contributed by atoms with E-state index in [1.807, 2.05) is 0 Å². The second-order valence-corrected chi connectivity index (χ2v) is 5.38. The van der Waals surface area contributed by atoms with Gasteiger partial charge in [-0.3, -0.25) is 14.9 Å².